The molecule has 0 saturated carbocycles. The van der Waals surface area contributed by atoms with E-state index in [4.69, 9.17) is 11.6 Å². The van der Waals surface area contributed by atoms with Crippen molar-refractivity contribution in [2.75, 3.05) is 6.54 Å². The molecule has 0 atom stereocenters. The summed E-state index contributed by atoms with van der Waals surface area (Å²) in [5.74, 6) is 0.401. The highest BCUT2D eigenvalue weighted by Gasteiger charge is 2.29. The lowest BCUT2D eigenvalue weighted by molar-refractivity contribution is 0.595. The number of nitrogens with zero attached hydrogens (tertiary/aromatic N) is 1. The molecule has 2 aromatic rings. The number of benzene rings is 2. The van der Waals surface area contributed by atoms with Crippen LogP contribution in [0.1, 0.15) is 11.1 Å². The second-order valence-corrected chi connectivity index (χ2v) is 6.73. The predicted octanol–water partition coefficient (Wildman–Crippen LogP) is 2.62. The predicted molar refractivity (Wildman–Crippen MR) is 83.3 cm³/mol. The van der Waals surface area contributed by atoms with Gasteiger partial charge in [0.1, 0.15) is 5.84 Å². The fraction of sp³-hybridized carbons (Fsp3) is 0.133. The average molecular weight is 321 g/mol. The van der Waals surface area contributed by atoms with E-state index >= 15 is 0 Å². The number of hydrogen-bond donors (Lipinski definition) is 1. The van der Waals surface area contributed by atoms with Crippen molar-refractivity contribution in [2.45, 2.75) is 11.3 Å². The van der Waals surface area contributed by atoms with Crippen molar-refractivity contribution in [2.24, 2.45) is 4.99 Å². The minimum absolute atomic E-state index is 0.279. The molecule has 0 spiro atoms. The zero-order valence-electron chi connectivity index (χ0n) is 11.1. The lowest BCUT2D eigenvalue weighted by Gasteiger charge is -2.02. The van der Waals surface area contributed by atoms with Crippen LogP contribution >= 0.6 is 11.6 Å². The molecule has 1 N–H and O–H groups in total. The molecule has 0 saturated heterocycles. The number of halogens is 1. The summed E-state index contributed by atoms with van der Waals surface area (Å²) in [6.45, 7) is 0.468. The van der Waals surface area contributed by atoms with Gasteiger partial charge in [0.15, 0.2) is 0 Å². The van der Waals surface area contributed by atoms with Crippen LogP contribution in [0.3, 0.4) is 0 Å². The van der Waals surface area contributed by atoms with Crippen molar-refractivity contribution in [3.63, 3.8) is 0 Å². The van der Waals surface area contributed by atoms with Crippen LogP contribution in [0.4, 0.5) is 0 Å². The average Bonchev–Trinajstić information content (AvgIpc) is 2.73. The molecule has 3 rings (SSSR count). The SMILES string of the molecule is O=S1(=O)NC(=NCCc2ccccc2Cl)c2ccccc21. The molecule has 1 aliphatic heterocycles. The minimum Gasteiger partial charge on any atom is -0.267 e. The smallest absolute Gasteiger partial charge is 0.263 e. The lowest BCUT2D eigenvalue weighted by Crippen LogP contribution is -2.22. The molecular formula is C15H13ClN2O2S. The first kappa shape index (κ1) is 14.1. The van der Waals surface area contributed by atoms with E-state index in [1.165, 1.54) is 0 Å². The number of fused-ring (bicyclic) bond motifs is 1. The highest BCUT2D eigenvalue weighted by Crippen LogP contribution is 2.22. The highest BCUT2D eigenvalue weighted by molar-refractivity contribution is 7.90. The molecule has 0 fully saturated rings. The second-order valence-electron chi connectivity index (χ2n) is 4.67. The Balaban J connectivity index is 1.81. The molecule has 0 radical (unpaired) electrons. The van der Waals surface area contributed by atoms with Crippen LogP contribution in [-0.4, -0.2) is 20.8 Å². The molecule has 1 heterocycles. The van der Waals surface area contributed by atoms with Crippen molar-refractivity contribution < 1.29 is 8.42 Å². The van der Waals surface area contributed by atoms with Gasteiger partial charge >= 0.3 is 0 Å². The van der Waals surface area contributed by atoms with Crippen LogP contribution in [0.5, 0.6) is 0 Å². The van der Waals surface area contributed by atoms with Crippen LogP contribution in [0.25, 0.3) is 0 Å². The minimum atomic E-state index is -3.46. The molecule has 4 nitrogen and oxygen atoms in total. The van der Waals surface area contributed by atoms with Gasteiger partial charge in [0.2, 0.25) is 0 Å². The Hall–Kier alpha value is -1.85. The fourth-order valence-corrected chi connectivity index (χ4v) is 3.72. The first-order valence-corrected chi connectivity index (χ1v) is 8.34. The topological polar surface area (TPSA) is 58.5 Å². The molecule has 0 aliphatic carbocycles. The highest BCUT2D eigenvalue weighted by atomic mass is 35.5. The van der Waals surface area contributed by atoms with Gasteiger partial charge in [-0.25, -0.2) is 8.42 Å². The summed E-state index contributed by atoms with van der Waals surface area (Å²) in [5.41, 5.74) is 1.62. The van der Waals surface area contributed by atoms with Gasteiger partial charge in [-0.15, -0.1) is 0 Å². The normalized spacial score (nSPS) is 17.5. The molecular weight excluding hydrogens is 308 g/mol. The largest absolute Gasteiger partial charge is 0.267 e. The molecule has 0 unspecified atom stereocenters. The van der Waals surface area contributed by atoms with Crippen molar-refractivity contribution >= 4 is 27.5 Å². The van der Waals surface area contributed by atoms with E-state index in [0.717, 1.165) is 5.56 Å². The molecule has 2 aromatic carbocycles. The maximum atomic E-state index is 11.9. The molecule has 108 valence electrons. The molecule has 0 aromatic heterocycles. The van der Waals surface area contributed by atoms with Gasteiger partial charge < -0.3 is 0 Å². The summed E-state index contributed by atoms with van der Waals surface area (Å²) < 4.78 is 26.4. The third kappa shape index (κ3) is 2.80. The quantitative estimate of drug-likeness (QED) is 0.945. The van der Waals surface area contributed by atoms with Crippen LogP contribution < -0.4 is 4.72 Å². The standard InChI is InChI=1S/C15H13ClN2O2S/c16-13-7-3-1-5-11(13)9-10-17-15-12-6-2-4-8-14(12)21(19,20)18-15/h1-8H,9-10H2,(H,17,18). The summed E-state index contributed by atoms with van der Waals surface area (Å²) in [7, 11) is -3.46. The lowest BCUT2D eigenvalue weighted by atomic mass is 10.1. The number of sulfonamides is 1. The Bertz CT molecular complexity index is 816. The Morgan fingerprint density at radius 3 is 2.57 bits per heavy atom. The summed E-state index contributed by atoms with van der Waals surface area (Å²) in [6, 6.07) is 14.4. The van der Waals surface area contributed by atoms with Gasteiger partial charge in [0.05, 0.1) is 4.90 Å². The molecule has 21 heavy (non-hydrogen) atoms. The van der Waals surface area contributed by atoms with E-state index in [2.05, 4.69) is 9.71 Å². The molecule has 0 amide bonds. The van der Waals surface area contributed by atoms with Crippen molar-refractivity contribution in [3.05, 3.63) is 64.7 Å². The summed E-state index contributed by atoms with van der Waals surface area (Å²) in [5, 5.41) is 0.699. The van der Waals surface area contributed by atoms with E-state index in [1.54, 1.807) is 24.3 Å². The van der Waals surface area contributed by atoms with E-state index in [1.807, 2.05) is 24.3 Å². The Morgan fingerprint density at radius 1 is 1.05 bits per heavy atom. The van der Waals surface area contributed by atoms with Crippen molar-refractivity contribution in [3.8, 4) is 0 Å². The molecule has 6 heteroatoms. The summed E-state index contributed by atoms with van der Waals surface area (Å²) >= 11 is 6.09. The molecule has 0 bridgehead atoms. The Morgan fingerprint density at radius 2 is 1.76 bits per heavy atom. The van der Waals surface area contributed by atoms with E-state index in [0.29, 0.717) is 29.4 Å². The number of hydrogen-bond acceptors (Lipinski definition) is 3. The van der Waals surface area contributed by atoms with Crippen molar-refractivity contribution in [1.82, 2.24) is 4.72 Å². The Labute approximate surface area is 128 Å². The van der Waals surface area contributed by atoms with E-state index < -0.39 is 10.0 Å². The van der Waals surface area contributed by atoms with Gasteiger partial charge in [-0.2, -0.15) is 0 Å². The van der Waals surface area contributed by atoms with Crippen LogP contribution in [0, 0.1) is 0 Å². The fourth-order valence-electron chi connectivity index (χ4n) is 2.24. The monoisotopic (exact) mass is 320 g/mol. The number of nitrogens with one attached hydrogen (secondary N) is 1. The molecule has 1 aliphatic rings. The first-order chi connectivity index (χ1) is 10.1. The second kappa shape index (κ2) is 5.50. The summed E-state index contributed by atoms with van der Waals surface area (Å²) in [6.07, 6.45) is 0.660. The van der Waals surface area contributed by atoms with Gasteiger partial charge in [-0.05, 0) is 30.2 Å². The van der Waals surface area contributed by atoms with Gasteiger partial charge in [0.25, 0.3) is 10.0 Å². The van der Waals surface area contributed by atoms with Gasteiger partial charge in [-0.3, -0.25) is 9.71 Å². The number of rotatable bonds is 3. The Kier molecular flexibility index (Phi) is 3.69. The van der Waals surface area contributed by atoms with Crippen LogP contribution in [-0.2, 0) is 16.4 Å². The third-order valence-corrected chi connectivity index (χ3v) is 5.04. The maximum absolute atomic E-state index is 11.9. The first-order valence-electron chi connectivity index (χ1n) is 6.48. The van der Waals surface area contributed by atoms with E-state index in [9.17, 15) is 8.42 Å². The van der Waals surface area contributed by atoms with Crippen LogP contribution in [0.15, 0.2) is 58.4 Å². The number of amidine groups is 1. The third-order valence-electron chi connectivity index (χ3n) is 3.27. The zero-order valence-corrected chi connectivity index (χ0v) is 12.7. The van der Waals surface area contributed by atoms with E-state index in [-0.39, 0.29) is 4.90 Å². The van der Waals surface area contributed by atoms with Gasteiger partial charge in [0, 0.05) is 17.1 Å². The van der Waals surface area contributed by atoms with Crippen molar-refractivity contribution in [1.29, 1.82) is 0 Å². The number of aliphatic imine (C=N–C) groups is 1. The maximum Gasteiger partial charge on any atom is 0.263 e. The van der Waals surface area contributed by atoms with Gasteiger partial charge in [-0.1, -0.05) is 41.9 Å². The zero-order chi connectivity index (χ0) is 14.9. The van der Waals surface area contributed by atoms with Crippen LogP contribution in [0.2, 0.25) is 5.02 Å². The summed E-state index contributed by atoms with van der Waals surface area (Å²) in [4.78, 5) is 4.64.